The molecule has 9 nitrogen and oxygen atoms in total. The maximum absolute atomic E-state index is 12.5. The third kappa shape index (κ3) is 3.20. The topological polar surface area (TPSA) is 121 Å². The first-order chi connectivity index (χ1) is 12.8. The van der Waals surface area contributed by atoms with E-state index in [0.717, 1.165) is 16.6 Å². The number of hydrogen-bond donors (Lipinski definition) is 3. The van der Waals surface area contributed by atoms with Gasteiger partial charge in [-0.05, 0) is 24.5 Å². The van der Waals surface area contributed by atoms with Crippen molar-refractivity contribution in [1.29, 1.82) is 0 Å². The summed E-state index contributed by atoms with van der Waals surface area (Å²) in [5.41, 5.74) is 0.644. The number of aryl methyl sites for hydroxylation is 1. The lowest BCUT2D eigenvalue weighted by Gasteiger charge is -2.18. The number of anilines is 2. The van der Waals surface area contributed by atoms with E-state index in [1.807, 2.05) is 4.72 Å². The maximum atomic E-state index is 12.5. The number of amides is 1. The van der Waals surface area contributed by atoms with Crippen LogP contribution in [-0.2, 0) is 22.1 Å². The summed E-state index contributed by atoms with van der Waals surface area (Å²) >= 11 is 0. The van der Waals surface area contributed by atoms with Crippen molar-refractivity contribution in [2.45, 2.75) is 19.3 Å². The Morgan fingerprint density at radius 2 is 2.00 bits per heavy atom. The highest BCUT2D eigenvalue weighted by Crippen LogP contribution is 2.35. The first-order valence-electron chi connectivity index (χ1n) is 8.70. The second-order valence-electron chi connectivity index (χ2n) is 7.02. The smallest absolute Gasteiger partial charge is 0.326 e. The van der Waals surface area contributed by atoms with Gasteiger partial charge < -0.3 is 15.0 Å². The molecule has 1 aliphatic carbocycles. The standard InChI is InChI=1S/C17H20N4O5S/c1-20-13-8-15(22)14(21-9-16(23)19-27(21,25)26)7-11(13)6-12(17(20)24)18-5-4-10-2-3-10/h6-8,10,18,22H,2-5,9H2,1H3,(H,19,23). The molecular weight excluding hydrogens is 372 g/mol. The number of rotatable bonds is 5. The lowest BCUT2D eigenvalue weighted by atomic mass is 10.1. The van der Waals surface area contributed by atoms with Gasteiger partial charge in [0, 0.05) is 25.0 Å². The van der Waals surface area contributed by atoms with E-state index in [1.54, 1.807) is 13.1 Å². The Morgan fingerprint density at radius 3 is 2.63 bits per heavy atom. The number of aromatic nitrogens is 1. The number of pyridine rings is 1. The molecule has 3 N–H and O–H groups in total. The van der Waals surface area contributed by atoms with E-state index in [0.29, 0.717) is 23.1 Å². The van der Waals surface area contributed by atoms with E-state index >= 15 is 0 Å². The number of carbonyl (C=O) groups excluding carboxylic acids is 1. The van der Waals surface area contributed by atoms with Gasteiger partial charge >= 0.3 is 10.2 Å². The SMILES string of the molecule is Cn1c(=O)c(NCCC2CC2)cc2cc(N3CC(=O)NS3(=O)=O)c(O)cc21. The zero-order chi connectivity index (χ0) is 19.3. The van der Waals surface area contributed by atoms with Crippen LogP contribution in [0.5, 0.6) is 5.75 Å². The van der Waals surface area contributed by atoms with E-state index in [4.69, 9.17) is 0 Å². The molecule has 1 saturated carbocycles. The summed E-state index contributed by atoms with van der Waals surface area (Å²) < 4.78 is 28.2. The van der Waals surface area contributed by atoms with Gasteiger partial charge in [0.25, 0.3) is 11.5 Å². The fourth-order valence-corrected chi connectivity index (χ4v) is 4.46. The summed E-state index contributed by atoms with van der Waals surface area (Å²) in [5.74, 6) is -0.264. The highest BCUT2D eigenvalue weighted by atomic mass is 32.2. The van der Waals surface area contributed by atoms with Crippen LogP contribution in [0.15, 0.2) is 23.0 Å². The molecule has 0 atom stereocenters. The molecule has 4 rings (SSSR count). The number of nitrogens with one attached hydrogen (secondary N) is 2. The summed E-state index contributed by atoms with van der Waals surface area (Å²) in [5, 5.41) is 14.0. The van der Waals surface area contributed by atoms with Gasteiger partial charge in [0.05, 0.1) is 11.2 Å². The minimum absolute atomic E-state index is 0.0107. The van der Waals surface area contributed by atoms with Crippen LogP contribution < -0.4 is 19.9 Å². The van der Waals surface area contributed by atoms with Crippen molar-refractivity contribution >= 4 is 38.4 Å². The molecule has 10 heteroatoms. The molecule has 0 radical (unpaired) electrons. The van der Waals surface area contributed by atoms with Crippen LogP contribution in [0.2, 0.25) is 0 Å². The van der Waals surface area contributed by atoms with Crippen LogP contribution in [0.25, 0.3) is 10.9 Å². The molecule has 1 aromatic carbocycles. The van der Waals surface area contributed by atoms with Crippen LogP contribution in [0.4, 0.5) is 11.4 Å². The van der Waals surface area contributed by atoms with Gasteiger partial charge in [-0.1, -0.05) is 12.8 Å². The number of phenolic OH excluding ortho intramolecular Hbond substituents is 1. The number of hydrogen-bond acceptors (Lipinski definition) is 6. The molecule has 1 saturated heterocycles. The molecule has 144 valence electrons. The van der Waals surface area contributed by atoms with Crippen molar-refractivity contribution in [2.75, 3.05) is 22.7 Å². The second kappa shape index (κ2) is 6.15. The molecule has 27 heavy (non-hydrogen) atoms. The molecule has 0 unspecified atom stereocenters. The molecule has 1 aliphatic heterocycles. The van der Waals surface area contributed by atoms with Crippen LogP contribution in [-0.4, -0.2) is 37.1 Å². The van der Waals surface area contributed by atoms with Gasteiger partial charge in [0.15, 0.2) is 0 Å². The highest BCUT2D eigenvalue weighted by molar-refractivity contribution is 7.92. The van der Waals surface area contributed by atoms with Crippen LogP contribution in [0, 0.1) is 5.92 Å². The van der Waals surface area contributed by atoms with E-state index in [1.165, 1.54) is 29.5 Å². The normalized spacial score (nSPS) is 18.7. The average Bonchev–Trinajstić information content (AvgIpc) is 3.37. The summed E-state index contributed by atoms with van der Waals surface area (Å²) in [4.78, 5) is 24.0. The Bertz CT molecular complexity index is 1100. The molecule has 0 spiro atoms. The van der Waals surface area contributed by atoms with Gasteiger partial charge in [-0.15, -0.1) is 0 Å². The van der Waals surface area contributed by atoms with E-state index in [-0.39, 0.29) is 17.0 Å². The lowest BCUT2D eigenvalue weighted by molar-refractivity contribution is -0.117. The van der Waals surface area contributed by atoms with Gasteiger partial charge in [-0.2, -0.15) is 8.42 Å². The Morgan fingerprint density at radius 1 is 1.26 bits per heavy atom. The average molecular weight is 392 g/mol. The minimum atomic E-state index is -4.04. The van der Waals surface area contributed by atoms with Gasteiger partial charge in [0.2, 0.25) is 0 Å². The predicted molar refractivity (Wildman–Crippen MR) is 101 cm³/mol. The van der Waals surface area contributed by atoms with E-state index < -0.39 is 22.7 Å². The Labute approximate surface area is 155 Å². The van der Waals surface area contributed by atoms with Crippen molar-refractivity contribution < 1.29 is 18.3 Å². The lowest BCUT2D eigenvalue weighted by Crippen LogP contribution is -2.29. The molecule has 2 aromatic rings. The quantitative estimate of drug-likeness (QED) is 0.687. The predicted octanol–water partition coefficient (Wildman–Crippen LogP) is 0.637. The molecule has 1 aromatic heterocycles. The Kier molecular flexibility index (Phi) is 4.02. The monoisotopic (exact) mass is 392 g/mol. The number of phenols is 1. The molecule has 0 bridgehead atoms. The molecule has 2 fully saturated rings. The van der Waals surface area contributed by atoms with Crippen LogP contribution in [0.3, 0.4) is 0 Å². The molecule has 2 heterocycles. The summed E-state index contributed by atoms with van der Waals surface area (Å²) in [6, 6.07) is 4.44. The maximum Gasteiger partial charge on any atom is 0.326 e. The molecule has 1 amide bonds. The number of aromatic hydroxyl groups is 1. The number of benzene rings is 1. The first-order valence-corrected chi connectivity index (χ1v) is 10.1. The summed E-state index contributed by atoms with van der Waals surface area (Å²) in [6.45, 7) is 0.287. The van der Waals surface area contributed by atoms with E-state index in [2.05, 4.69) is 5.32 Å². The second-order valence-corrected chi connectivity index (χ2v) is 8.61. The Balaban J connectivity index is 1.76. The van der Waals surface area contributed by atoms with Crippen LogP contribution in [0.1, 0.15) is 19.3 Å². The molecule has 2 aliphatic rings. The van der Waals surface area contributed by atoms with Crippen molar-refractivity contribution in [3.8, 4) is 5.75 Å². The van der Waals surface area contributed by atoms with Gasteiger partial charge in [0.1, 0.15) is 18.0 Å². The fraction of sp³-hybridized carbons (Fsp3) is 0.412. The fourth-order valence-electron chi connectivity index (χ4n) is 3.30. The van der Waals surface area contributed by atoms with Gasteiger partial charge in [-0.25, -0.2) is 9.03 Å². The van der Waals surface area contributed by atoms with Crippen molar-refractivity contribution in [3.05, 3.63) is 28.6 Å². The van der Waals surface area contributed by atoms with E-state index in [9.17, 15) is 23.1 Å². The number of nitrogens with zero attached hydrogens (tertiary/aromatic N) is 2. The number of fused-ring (bicyclic) bond motifs is 1. The largest absolute Gasteiger partial charge is 0.506 e. The third-order valence-corrected chi connectivity index (χ3v) is 6.37. The van der Waals surface area contributed by atoms with Crippen LogP contribution >= 0.6 is 0 Å². The first kappa shape index (κ1) is 17.7. The third-order valence-electron chi connectivity index (χ3n) is 4.97. The number of carbonyl (C=O) groups is 1. The molecular formula is C17H20N4O5S. The zero-order valence-electron chi connectivity index (χ0n) is 14.7. The summed E-state index contributed by atoms with van der Waals surface area (Å²) in [6.07, 6.45) is 3.47. The van der Waals surface area contributed by atoms with Gasteiger partial charge in [-0.3, -0.25) is 9.59 Å². The minimum Gasteiger partial charge on any atom is -0.506 e. The summed E-state index contributed by atoms with van der Waals surface area (Å²) in [7, 11) is -2.45. The van der Waals surface area contributed by atoms with Crippen molar-refractivity contribution in [3.63, 3.8) is 0 Å². The van der Waals surface area contributed by atoms with Crippen molar-refractivity contribution in [2.24, 2.45) is 13.0 Å². The zero-order valence-corrected chi connectivity index (χ0v) is 15.5. The van der Waals surface area contributed by atoms with Crippen molar-refractivity contribution in [1.82, 2.24) is 9.29 Å². The Hall–Kier alpha value is -2.75. The highest BCUT2D eigenvalue weighted by Gasteiger charge is 2.35.